The van der Waals surface area contributed by atoms with Crippen LogP contribution in [0.3, 0.4) is 0 Å². The Labute approximate surface area is 169 Å². The summed E-state index contributed by atoms with van der Waals surface area (Å²) in [5.74, 6) is 1.80. The Morgan fingerprint density at radius 1 is 1.36 bits per heavy atom. The maximum atomic E-state index is 6.10. The van der Waals surface area contributed by atoms with Gasteiger partial charge in [-0.15, -0.1) is 24.0 Å². The van der Waals surface area contributed by atoms with Crippen LogP contribution < -0.4 is 15.4 Å². The Hall–Kier alpha value is -1.02. The van der Waals surface area contributed by atoms with E-state index in [0.717, 1.165) is 31.2 Å². The SMILES string of the molecule is CN=C(NCCN(C)C(C)C)NC1CC(C)(C)Oc2ccccc21.I. The third kappa shape index (κ3) is 6.33. The fraction of sp³-hybridized carbons (Fsp3) is 0.632. The highest BCUT2D eigenvalue weighted by Crippen LogP contribution is 2.39. The molecule has 1 aromatic rings. The molecular weight excluding hydrogens is 427 g/mol. The number of nitrogens with one attached hydrogen (secondary N) is 2. The molecule has 0 radical (unpaired) electrons. The van der Waals surface area contributed by atoms with Crippen LogP contribution in [0.1, 0.15) is 45.7 Å². The number of rotatable bonds is 5. The molecule has 0 spiro atoms. The van der Waals surface area contributed by atoms with Crippen LogP contribution in [-0.4, -0.2) is 49.7 Å². The first kappa shape index (κ1) is 22.0. The molecule has 142 valence electrons. The van der Waals surface area contributed by atoms with Crippen molar-refractivity contribution in [1.29, 1.82) is 0 Å². The molecule has 0 aromatic heterocycles. The first-order chi connectivity index (χ1) is 11.3. The summed E-state index contributed by atoms with van der Waals surface area (Å²) in [6.07, 6.45) is 0.899. The summed E-state index contributed by atoms with van der Waals surface area (Å²) in [4.78, 5) is 6.69. The summed E-state index contributed by atoms with van der Waals surface area (Å²) < 4.78 is 6.10. The number of likely N-dealkylation sites (N-methyl/N-ethyl adjacent to an activating group) is 1. The quantitative estimate of drug-likeness (QED) is 0.402. The van der Waals surface area contributed by atoms with Crippen molar-refractivity contribution >= 4 is 29.9 Å². The average Bonchev–Trinajstić information content (AvgIpc) is 2.52. The third-order valence-corrected chi connectivity index (χ3v) is 4.55. The van der Waals surface area contributed by atoms with Gasteiger partial charge in [-0.25, -0.2) is 0 Å². The average molecular weight is 460 g/mol. The number of aliphatic imine (C=N–C) groups is 1. The monoisotopic (exact) mass is 460 g/mol. The molecule has 1 aliphatic heterocycles. The summed E-state index contributed by atoms with van der Waals surface area (Å²) in [6.45, 7) is 10.5. The van der Waals surface area contributed by atoms with E-state index in [2.05, 4.69) is 67.4 Å². The number of benzene rings is 1. The van der Waals surface area contributed by atoms with E-state index in [-0.39, 0.29) is 35.6 Å². The Kier molecular flexibility index (Phi) is 8.47. The van der Waals surface area contributed by atoms with Crippen LogP contribution in [0.5, 0.6) is 5.75 Å². The molecule has 1 heterocycles. The predicted octanol–water partition coefficient (Wildman–Crippen LogP) is 3.41. The molecule has 0 saturated heterocycles. The van der Waals surface area contributed by atoms with E-state index in [4.69, 9.17) is 4.74 Å². The van der Waals surface area contributed by atoms with E-state index in [1.54, 1.807) is 0 Å². The highest BCUT2D eigenvalue weighted by Gasteiger charge is 2.33. The van der Waals surface area contributed by atoms with Crippen LogP contribution in [0.4, 0.5) is 0 Å². The second-order valence-corrected chi connectivity index (χ2v) is 7.37. The molecule has 1 aromatic carbocycles. The fourth-order valence-electron chi connectivity index (χ4n) is 2.90. The lowest BCUT2D eigenvalue weighted by Crippen LogP contribution is -2.46. The number of guanidine groups is 1. The summed E-state index contributed by atoms with van der Waals surface area (Å²) in [5, 5.41) is 6.98. The van der Waals surface area contributed by atoms with Gasteiger partial charge in [-0.3, -0.25) is 4.99 Å². The molecule has 0 aliphatic carbocycles. The van der Waals surface area contributed by atoms with Crippen molar-refractivity contribution in [1.82, 2.24) is 15.5 Å². The standard InChI is InChI=1S/C19H32N4O.HI/c1-14(2)23(6)12-11-21-18(20-5)22-16-13-19(3,4)24-17-10-8-7-9-15(16)17;/h7-10,14,16H,11-13H2,1-6H3,(H2,20,21,22);1H. The molecule has 0 amide bonds. The molecule has 25 heavy (non-hydrogen) atoms. The summed E-state index contributed by atoms with van der Waals surface area (Å²) >= 11 is 0. The maximum absolute atomic E-state index is 6.10. The van der Waals surface area contributed by atoms with Crippen molar-refractivity contribution in [3.05, 3.63) is 29.8 Å². The minimum Gasteiger partial charge on any atom is -0.487 e. The van der Waals surface area contributed by atoms with E-state index in [1.165, 1.54) is 5.56 Å². The minimum absolute atomic E-state index is 0. The number of fused-ring (bicyclic) bond motifs is 1. The Morgan fingerprint density at radius 3 is 2.68 bits per heavy atom. The molecule has 5 nitrogen and oxygen atoms in total. The molecule has 0 fully saturated rings. The Morgan fingerprint density at radius 2 is 2.04 bits per heavy atom. The topological polar surface area (TPSA) is 48.9 Å². The minimum atomic E-state index is -0.192. The van der Waals surface area contributed by atoms with Crippen molar-refractivity contribution < 1.29 is 4.74 Å². The highest BCUT2D eigenvalue weighted by atomic mass is 127. The lowest BCUT2D eigenvalue weighted by Gasteiger charge is -2.38. The van der Waals surface area contributed by atoms with Crippen molar-refractivity contribution in [2.24, 2.45) is 4.99 Å². The Bertz CT molecular complexity index is 574. The van der Waals surface area contributed by atoms with E-state index < -0.39 is 0 Å². The predicted molar refractivity (Wildman–Crippen MR) is 116 cm³/mol. The van der Waals surface area contributed by atoms with Gasteiger partial charge in [-0.1, -0.05) is 18.2 Å². The van der Waals surface area contributed by atoms with Gasteiger partial charge in [0.25, 0.3) is 0 Å². The van der Waals surface area contributed by atoms with E-state index in [1.807, 2.05) is 19.2 Å². The van der Waals surface area contributed by atoms with E-state index >= 15 is 0 Å². The fourth-order valence-corrected chi connectivity index (χ4v) is 2.90. The lowest BCUT2D eigenvalue weighted by atomic mass is 9.90. The van der Waals surface area contributed by atoms with Crippen molar-refractivity contribution in [3.8, 4) is 5.75 Å². The van der Waals surface area contributed by atoms with E-state index in [9.17, 15) is 0 Å². The van der Waals surface area contributed by atoms with Crippen molar-refractivity contribution in [2.75, 3.05) is 27.2 Å². The number of hydrogen-bond acceptors (Lipinski definition) is 3. The molecule has 2 rings (SSSR count). The van der Waals surface area contributed by atoms with Crippen LogP contribution in [0.25, 0.3) is 0 Å². The largest absolute Gasteiger partial charge is 0.487 e. The summed E-state index contributed by atoms with van der Waals surface area (Å²) in [5.41, 5.74) is 1.00. The number of nitrogens with zero attached hydrogens (tertiary/aromatic N) is 2. The van der Waals surface area contributed by atoms with Crippen LogP contribution in [-0.2, 0) is 0 Å². The molecule has 1 unspecified atom stereocenters. The van der Waals surface area contributed by atoms with Gasteiger partial charge in [0.15, 0.2) is 5.96 Å². The number of hydrogen-bond donors (Lipinski definition) is 2. The van der Waals surface area contributed by atoms with Crippen LogP contribution in [0.15, 0.2) is 29.3 Å². The Balaban J connectivity index is 0.00000312. The smallest absolute Gasteiger partial charge is 0.191 e. The molecule has 2 N–H and O–H groups in total. The number of para-hydroxylation sites is 1. The zero-order valence-electron chi connectivity index (χ0n) is 16.3. The maximum Gasteiger partial charge on any atom is 0.191 e. The van der Waals surface area contributed by atoms with Gasteiger partial charge < -0.3 is 20.3 Å². The molecule has 1 aliphatic rings. The summed E-state index contributed by atoms with van der Waals surface area (Å²) in [7, 11) is 3.96. The highest BCUT2D eigenvalue weighted by molar-refractivity contribution is 14.0. The van der Waals surface area contributed by atoms with Crippen molar-refractivity contribution in [3.63, 3.8) is 0 Å². The molecule has 0 saturated carbocycles. The van der Waals surface area contributed by atoms with Gasteiger partial charge >= 0.3 is 0 Å². The molecular formula is C19H33IN4O. The molecule has 6 heteroatoms. The van der Waals surface area contributed by atoms with Gasteiger partial charge in [0.05, 0.1) is 6.04 Å². The van der Waals surface area contributed by atoms with Gasteiger partial charge in [0, 0.05) is 38.2 Å². The number of ether oxygens (including phenoxy) is 1. The second-order valence-electron chi connectivity index (χ2n) is 7.37. The third-order valence-electron chi connectivity index (χ3n) is 4.55. The second kappa shape index (κ2) is 9.62. The number of halogens is 1. The normalized spacial score (nSPS) is 19.0. The first-order valence-electron chi connectivity index (χ1n) is 8.78. The van der Waals surface area contributed by atoms with Gasteiger partial charge in [0.2, 0.25) is 0 Å². The molecule has 1 atom stereocenters. The zero-order chi connectivity index (χ0) is 17.7. The van der Waals surface area contributed by atoms with Gasteiger partial charge in [-0.2, -0.15) is 0 Å². The zero-order valence-corrected chi connectivity index (χ0v) is 18.6. The van der Waals surface area contributed by atoms with Crippen LogP contribution >= 0.6 is 24.0 Å². The van der Waals surface area contributed by atoms with Crippen molar-refractivity contribution in [2.45, 2.75) is 51.8 Å². The van der Waals surface area contributed by atoms with E-state index in [0.29, 0.717) is 6.04 Å². The first-order valence-corrected chi connectivity index (χ1v) is 8.78. The van der Waals surface area contributed by atoms with Gasteiger partial charge in [-0.05, 0) is 40.8 Å². The van der Waals surface area contributed by atoms with Crippen LogP contribution in [0.2, 0.25) is 0 Å². The van der Waals surface area contributed by atoms with Gasteiger partial charge in [0.1, 0.15) is 11.4 Å². The molecule has 0 bridgehead atoms. The summed E-state index contributed by atoms with van der Waals surface area (Å²) in [6, 6.07) is 8.99. The van der Waals surface area contributed by atoms with Crippen LogP contribution in [0, 0.1) is 0 Å². The lowest BCUT2D eigenvalue weighted by molar-refractivity contribution is 0.0694.